The van der Waals surface area contributed by atoms with Gasteiger partial charge in [0.1, 0.15) is 5.82 Å². The van der Waals surface area contributed by atoms with Gasteiger partial charge in [0.25, 0.3) is 0 Å². The van der Waals surface area contributed by atoms with Crippen LogP contribution in [0.2, 0.25) is 0 Å². The summed E-state index contributed by atoms with van der Waals surface area (Å²) in [7, 11) is 0. The van der Waals surface area contributed by atoms with Crippen LogP contribution in [0.4, 0.5) is 8.78 Å². The summed E-state index contributed by atoms with van der Waals surface area (Å²) in [6.07, 6.45) is 2.91. The molecule has 112 valence electrons. The lowest BCUT2D eigenvalue weighted by Gasteiger charge is -2.19. The van der Waals surface area contributed by atoms with Crippen LogP contribution in [-0.2, 0) is 6.54 Å². The number of benzene rings is 1. The van der Waals surface area contributed by atoms with Crippen LogP contribution in [-0.4, -0.2) is 15.5 Å². The van der Waals surface area contributed by atoms with Crippen molar-refractivity contribution in [1.29, 1.82) is 0 Å². The van der Waals surface area contributed by atoms with Crippen LogP contribution < -0.4 is 10.1 Å². The lowest BCUT2D eigenvalue weighted by molar-refractivity contribution is 0.412. The summed E-state index contributed by atoms with van der Waals surface area (Å²) in [4.78, 5) is 8.20. The largest absolute Gasteiger partial charge is 0.434 e. The molecule has 1 heterocycles. The highest BCUT2D eigenvalue weighted by atomic mass is 19.1. The number of nitrogens with one attached hydrogen (secondary N) is 1. The summed E-state index contributed by atoms with van der Waals surface area (Å²) in [6, 6.07) is 2.99. The molecule has 0 fully saturated rings. The minimum Gasteiger partial charge on any atom is -0.434 e. The van der Waals surface area contributed by atoms with Crippen molar-refractivity contribution in [3.8, 4) is 11.6 Å². The van der Waals surface area contributed by atoms with E-state index >= 15 is 0 Å². The highest BCUT2D eigenvalue weighted by Gasteiger charge is 2.10. The Bertz CT molecular complexity index is 609. The zero-order valence-corrected chi connectivity index (χ0v) is 12.2. The zero-order chi connectivity index (χ0) is 15.5. The lowest BCUT2D eigenvalue weighted by atomic mass is 10.1. The average molecular weight is 293 g/mol. The van der Waals surface area contributed by atoms with Crippen molar-refractivity contribution in [2.75, 3.05) is 0 Å². The zero-order valence-electron chi connectivity index (χ0n) is 12.2. The van der Waals surface area contributed by atoms with E-state index in [-0.39, 0.29) is 17.2 Å². The van der Waals surface area contributed by atoms with Crippen LogP contribution in [0.1, 0.15) is 26.5 Å². The van der Waals surface area contributed by atoms with E-state index in [0.717, 1.165) is 23.9 Å². The quantitative estimate of drug-likeness (QED) is 0.938. The van der Waals surface area contributed by atoms with Crippen molar-refractivity contribution in [2.24, 2.45) is 0 Å². The van der Waals surface area contributed by atoms with E-state index in [1.54, 1.807) is 0 Å². The normalized spacial score (nSPS) is 11.5. The van der Waals surface area contributed by atoms with E-state index in [4.69, 9.17) is 4.74 Å². The molecule has 0 aliphatic rings. The fourth-order valence-electron chi connectivity index (χ4n) is 1.51. The van der Waals surface area contributed by atoms with Crippen molar-refractivity contribution < 1.29 is 13.5 Å². The smallest absolute Gasteiger partial charge is 0.237 e. The molecule has 0 atom stereocenters. The first-order chi connectivity index (χ1) is 9.83. The van der Waals surface area contributed by atoms with Crippen molar-refractivity contribution in [1.82, 2.24) is 15.3 Å². The van der Waals surface area contributed by atoms with Gasteiger partial charge in [0, 0.05) is 18.2 Å². The van der Waals surface area contributed by atoms with Crippen molar-refractivity contribution in [3.05, 3.63) is 47.9 Å². The predicted octanol–water partition coefficient (Wildman–Crippen LogP) is 3.44. The molecule has 0 amide bonds. The molecule has 1 N–H and O–H groups in total. The molecule has 0 saturated heterocycles. The molecule has 1 aromatic carbocycles. The second kappa shape index (κ2) is 6.13. The van der Waals surface area contributed by atoms with Crippen LogP contribution in [0.3, 0.4) is 0 Å². The molecule has 2 aromatic rings. The second-order valence-electron chi connectivity index (χ2n) is 5.63. The number of halogens is 2. The first-order valence-electron chi connectivity index (χ1n) is 6.52. The summed E-state index contributed by atoms with van der Waals surface area (Å²) < 4.78 is 31.7. The fraction of sp³-hybridized carbons (Fsp3) is 0.333. The summed E-state index contributed by atoms with van der Waals surface area (Å²) in [5.74, 6) is -1.34. The minimum atomic E-state index is -0.656. The van der Waals surface area contributed by atoms with Gasteiger partial charge in [-0.25, -0.2) is 13.8 Å². The standard InChI is InChI=1S/C15H17F2N3O/c1-15(2,3)20-8-11-7-19-14(9-18-11)21-13-6-10(16)4-5-12(13)17/h4-7,9,20H,8H2,1-3H3. The topological polar surface area (TPSA) is 47.0 Å². The molecule has 0 spiro atoms. The molecule has 0 radical (unpaired) electrons. The molecule has 0 saturated carbocycles. The molecular formula is C15H17F2N3O. The van der Waals surface area contributed by atoms with E-state index < -0.39 is 11.6 Å². The highest BCUT2D eigenvalue weighted by Crippen LogP contribution is 2.23. The number of aromatic nitrogens is 2. The van der Waals surface area contributed by atoms with Gasteiger partial charge in [0.05, 0.1) is 18.1 Å². The Morgan fingerprint density at radius 3 is 2.52 bits per heavy atom. The molecule has 1 aromatic heterocycles. The Morgan fingerprint density at radius 1 is 1.14 bits per heavy atom. The monoisotopic (exact) mass is 293 g/mol. The minimum absolute atomic E-state index is 0.0262. The summed E-state index contributed by atoms with van der Waals surface area (Å²) >= 11 is 0. The molecule has 0 bridgehead atoms. The predicted molar refractivity (Wildman–Crippen MR) is 75.1 cm³/mol. The number of rotatable bonds is 4. The third-order valence-electron chi connectivity index (χ3n) is 2.59. The molecule has 0 aliphatic carbocycles. The number of hydrogen-bond donors (Lipinski definition) is 1. The third-order valence-corrected chi connectivity index (χ3v) is 2.59. The van der Waals surface area contributed by atoms with Gasteiger partial charge in [0.15, 0.2) is 11.6 Å². The van der Waals surface area contributed by atoms with Crippen LogP contribution in [0.15, 0.2) is 30.6 Å². The summed E-state index contributed by atoms with van der Waals surface area (Å²) in [5, 5.41) is 3.27. The van der Waals surface area contributed by atoms with Gasteiger partial charge in [-0.15, -0.1) is 0 Å². The Hall–Kier alpha value is -2.08. The molecule has 6 heteroatoms. The molecule has 4 nitrogen and oxygen atoms in total. The van der Waals surface area contributed by atoms with Gasteiger partial charge < -0.3 is 10.1 Å². The molecular weight excluding hydrogens is 276 g/mol. The molecule has 21 heavy (non-hydrogen) atoms. The first-order valence-corrected chi connectivity index (χ1v) is 6.52. The lowest BCUT2D eigenvalue weighted by Crippen LogP contribution is -2.35. The maximum absolute atomic E-state index is 13.4. The first kappa shape index (κ1) is 15.3. The summed E-state index contributed by atoms with van der Waals surface area (Å²) in [5.41, 5.74) is 0.707. The Morgan fingerprint density at radius 2 is 1.90 bits per heavy atom. The van der Waals surface area contributed by atoms with Gasteiger partial charge >= 0.3 is 0 Å². The highest BCUT2D eigenvalue weighted by molar-refractivity contribution is 5.28. The van der Waals surface area contributed by atoms with E-state index in [1.807, 2.05) is 20.8 Å². The average Bonchev–Trinajstić information content (AvgIpc) is 2.41. The van der Waals surface area contributed by atoms with Gasteiger partial charge in [-0.3, -0.25) is 4.98 Å². The number of hydrogen-bond acceptors (Lipinski definition) is 4. The van der Waals surface area contributed by atoms with Crippen LogP contribution in [0, 0.1) is 11.6 Å². The maximum Gasteiger partial charge on any atom is 0.237 e. The molecule has 2 rings (SSSR count). The van der Waals surface area contributed by atoms with E-state index in [9.17, 15) is 8.78 Å². The van der Waals surface area contributed by atoms with Crippen LogP contribution >= 0.6 is 0 Å². The van der Waals surface area contributed by atoms with Gasteiger partial charge in [-0.1, -0.05) is 0 Å². The molecule has 0 aliphatic heterocycles. The summed E-state index contributed by atoms with van der Waals surface area (Å²) in [6.45, 7) is 6.70. The van der Waals surface area contributed by atoms with E-state index in [0.29, 0.717) is 6.54 Å². The van der Waals surface area contributed by atoms with Crippen LogP contribution in [0.25, 0.3) is 0 Å². The SMILES string of the molecule is CC(C)(C)NCc1cnc(Oc2cc(F)ccc2F)cn1. The molecule has 0 unspecified atom stereocenters. The van der Waals surface area contributed by atoms with Crippen molar-refractivity contribution in [3.63, 3.8) is 0 Å². The van der Waals surface area contributed by atoms with Gasteiger partial charge in [-0.2, -0.15) is 0 Å². The van der Waals surface area contributed by atoms with Gasteiger partial charge in [-0.05, 0) is 32.9 Å². The van der Waals surface area contributed by atoms with E-state index in [2.05, 4.69) is 15.3 Å². The van der Waals surface area contributed by atoms with Gasteiger partial charge in [0.2, 0.25) is 5.88 Å². The third kappa shape index (κ3) is 4.75. The van der Waals surface area contributed by atoms with Crippen LogP contribution in [0.5, 0.6) is 11.6 Å². The van der Waals surface area contributed by atoms with E-state index in [1.165, 1.54) is 12.4 Å². The number of nitrogens with zero attached hydrogens (tertiary/aromatic N) is 2. The Kier molecular flexibility index (Phi) is 4.47. The Balaban J connectivity index is 2.04. The number of ether oxygens (including phenoxy) is 1. The maximum atomic E-state index is 13.4. The second-order valence-corrected chi connectivity index (χ2v) is 5.63. The van der Waals surface area contributed by atoms with Crippen molar-refractivity contribution in [2.45, 2.75) is 32.9 Å². The Labute approximate surface area is 122 Å². The van der Waals surface area contributed by atoms with Crippen molar-refractivity contribution >= 4 is 0 Å². The fourth-order valence-corrected chi connectivity index (χ4v) is 1.51.